The molecule has 2 N–H and O–H groups in total. The molecule has 1 aromatic carbocycles. The Morgan fingerprint density at radius 1 is 1.30 bits per heavy atom. The Morgan fingerprint density at radius 3 is 2.80 bits per heavy atom. The van der Waals surface area contributed by atoms with E-state index in [0.717, 1.165) is 5.39 Å². The van der Waals surface area contributed by atoms with Gasteiger partial charge < -0.3 is 5.73 Å². The molecule has 2 aromatic heterocycles. The molecule has 0 saturated heterocycles. The molecule has 0 spiro atoms. The van der Waals surface area contributed by atoms with Crippen LogP contribution < -0.4 is 5.73 Å². The summed E-state index contributed by atoms with van der Waals surface area (Å²) < 4.78 is 1.42. The number of benzene rings is 1. The number of nitrogens with zero attached hydrogens (tertiary/aromatic N) is 4. The average molecular weight is 263 g/mol. The minimum atomic E-state index is -0.606. The quantitative estimate of drug-likeness (QED) is 0.755. The molecule has 2 heterocycles. The number of carbonyl (C=O) groups excluding carboxylic acids is 1. The second-order valence-electron chi connectivity index (χ2n) is 4.17. The third-order valence-corrected chi connectivity index (χ3v) is 2.90. The first-order valence-electron chi connectivity index (χ1n) is 5.85. The van der Waals surface area contributed by atoms with Crippen molar-refractivity contribution in [2.24, 2.45) is 5.73 Å². The highest BCUT2D eigenvalue weighted by molar-refractivity contribution is 5.90. The number of nitrogens with two attached hydrogens (primary N) is 1. The third-order valence-electron chi connectivity index (χ3n) is 2.90. The van der Waals surface area contributed by atoms with Crippen LogP contribution in [-0.4, -0.2) is 20.7 Å². The Balaban J connectivity index is 2.21. The van der Waals surface area contributed by atoms with Crippen LogP contribution in [0.3, 0.4) is 0 Å². The van der Waals surface area contributed by atoms with Crippen molar-refractivity contribution >= 4 is 16.8 Å². The number of carbonyl (C=O) groups is 1. The van der Waals surface area contributed by atoms with Crippen LogP contribution in [0, 0.1) is 11.3 Å². The van der Waals surface area contributed by atoms with Gasteiger partial charge >= 0.3 is 0 Å². The number of pyridine rings is 1. The number of amides is 1. The van der Waals surface area contributed by atoms with E-state index < -0.39 is 5.91 Å². The Hall–Kier alpha value is -3.20. The van der Waals surface area contributed by atoms with Crippen molar-refractivity contribution in [1.29, 1.82) is 5.26 Å². The van der Waals surface area contributed by atoms with Gasteiger partial charge in [-0.25, -0.2) is 9.67 Å². The van der Waals surface area contributed by atoms with Crippen molar-refractivity contribution < 1.29 is 4.79 Å². The monoisotopic (exact) mass is 263 g/mol. The van der Waals surface area contributed by atoms with Crippen LogP contribution in [0.1, 0.15) is 16.1 Å². The molecule has 3 rings (SSSR count). The van der Waals surface area contributed by atoms with E-state index in [0.29, 0.717) is 16.9 Å². The van der Waals surface area contributed by atoms with Gasteiger partial charge in [-0.3, -0.25) is 4.79 Å². The number of primary amides is 1. The summed E-state index contributed by atoms with van der Waals surface area (Å²) >= 11 is 0. The van der Waals surface area contributed by atoms with Crippen LogP contribution in [-0.2, 0) is 0 Å². The first-order valence-corrected chi connectivity index (χ1v) is 5.85. The molecule has 0 bridgehead atoms. The molecule has 6 nitrogen and oxygen atoms in total. The van der Waals surface area contributed by atoms with Gasteiger partial charge in [0.1, 0.15) is 5.69 Å². The van der Waals surface area contributed by atoms with Crippen LogP contribution in [0.15, 0.2) is 42.6 Å². The van der Waals surface area contributed by atoms with Crippen LogP contribution >= 0.6 is 0 Å². The van der Waals surface area contributed by atoms with Gasteiger partial charge in [-0.1, -0.05) is 18.2 Å². The first-order chi connectivity index (χ1) is 9.69. The summed E-state index contributed by atoms with van der Waals surface area (Å²) in [5.41, 5.74) is 6.51. The number of rotatable bonds is 2. The van der Waals surface area contributed by atoms with Gasteiger partial charge in [-0.15, -0.1) is 0 Å². The number of hydrogen-bond acceptors (Lipinski definition) is 4. The van der Waals surface area contributed by atoms with Crippen molar-refractivity contribution in [2.45, 2.75) is 0 Å². The number of nitriles is 1. The Morgan fingerprint density at radius 2 is 2.10 bits per heavy atom. The van der Waals surface area contributed by atoms with Gasteiger partial charge in [0.25, 0.3) is 5.91 Å². The van der Waals surface area contributed by atoms with Crippen molar-refractivity contribution in [1.82, 2.24) is 14.8 Å². The zero-order valence-electron chi connectivity index (χ0n) is 10.3. The van der Waals surface area contributed by atoms with E-state index in [1.807, 2.05) is 24.3 Å². The molecule has 0 unspecified atom stereocenters. The maximum absolute atomic E-state index is 11.1. The molecule has 1 amide bonds. The number of para-hydroxylation sites is 1. The molecular weight excluding hydrogens is 254 g/mol. The lowest BCUT2D eigenvalue weighted by atomic mass is 10.1. The van der Waals surface area contributed by atoms with Gasteiger partial charge in [-0.05, 0) is 12.1 Å². The molecule has 0 aliphatic carbocycles. The lowest BCUT2D eigenvalue weighted by molar-refractivity contribution is 0.0995. The van der Waals surface area contributed by atoms with E-state index >= 15 is 0 Å². The largest absolute Gasteiger partial charge is 0.364 e. The van der Waals surface area contributed by atoms with Crippen molar-refractivity contribution in [3.8, 4) is 11.9 Å². The summed E-state index contributed by atoms with van der Waals surface area (Å²) in [5, 5.41) is 14.0. The summed E-state index contributed by atoms with van der Waals surface area (Å²) in [7, 11) is 0. The number of aromatic nitrogens is 3. The summed E-state index contributed by atoms with van der Waals surface area (Å²) in [6.45, 7) is 0. The molecule has 0 aliphatic rings. The highest BCUT2D eigenvalue weighted by Gasteiger charge is 2.10. The van der Waals surface area contributed by atoms with Crippen LogP contribution in [0.25, 0.3) is 16.7 Å². The molecule has 0 fully saturated rings. The van der Waals surface area contributed by atoms with Crippen LogP contribution in [0.5, 0.6) is 0 Å². The van der Waals surface area contributed by atoms with E-state index in [2.05, 4.69) is 16.2 Å². The smallest absolute Gasteiger partial charge is 0.269 e. The summed E-state index contributed by atoms with van der Waals surface area (Å²) in [6, 6.07) is 12.6. The highest BCUT2D eigenvalue weighted by atomic mass is 16.1. The molecule has 20 heavy (non-hydrogen) atoms. The van der Waals surface area contributed by atoms with E-state index in [1.54, 1.807) is 12.3 Å². The van der Waals surface area contributed by atoms with Crippen LogP contribution in [0.2, 0.25) is 0 Å². The summed E-state index contributed by atoms with van der Waals surface area (Å²) in [4.78, 5) is 15.5. The third kappa shape index (κ3) is 1.87. The Kier molecular flexibility index (Phi) is 2.66. The van der Waals surface area contributed by atoms with Crippen molar-refractivity contribution in [2.75, 3.05) is 0 Å². The molecule has 0 atom stereocenters. The SMILES string of the molecule is N#Cc1cc(-n2ccc(C(N)=O)n2)nc2ccccc12. The van der Waals surface area contributed by atoms with E-state index in [-0.39, 0.29) is 5.69 Å². The minimum Gasteiger partial charge on any atom is -0.364 e. The molecule has 0 radical (unpaired) electrons. The maximum Gasteiger partial charge on any atom is 0.269 e. The van der Waals surface area contributed by atoms with Crippen molar-refractivity contribution in [3.05, 3.63) is 53.9 Å². The lowest BCUT2D eigenvalue weighted by Gasteiger charge is -2.04. The molecule has 96 valence electrons. The zero-order chi connectivity index (χ0) is 14.1. The highest BCUT2D eigenvalue weighted by Crippen LogP contribution is 2.19. The average Bonchev–Trinajstić information content (AvgIpc) is 2.96. The Labute approximate surface area is 114 Å². The normalized spacial score (nSPS) is 10.3. The van der Waals surface area contributed by atoms with Gasteiger partial charge in [0.15, 0.2) is 5.82 Å². The second kappa shape index (κ2) is 4.48. The van der Waals surface area contributed by atoms with E-state index in [1.165, 1.54) is 10.7 Å². The van der Waals surface area contributed by atoms with Gasteiger partial charge in [0, 0.05) is 17.6 Å². The zero-order valence-corrected chi connectivity index (χ0v) is 10.3. The van der Waals surface area contributed by atoms with E-state index in [9.17, 15) is 10.1 Å². The van der Waals surface area contributed by atoms with E-state index in [4.69, 9.17) is 5.73 Å². The van der Waals surface area contributed by atoms with Gasteiger partial charge in [-0.2, -0.15) is 10.4 Å². The Bertz CT molecular complexity index is 859. The first kappa shape index (κ1) is 11.9. The van der Waals surface area contributed by atoms with Gasteiger partial charge in [0.05, 0.1) is 17.1 Å². The minimum absolute atomic E-state index is 0.151. The predicted octanol–water partition coefficient (Wildman–Crippen LogP) is 1.39. The summed E-state index contributed by atoms with van der Waals surface area (Å²) in [6.07, 6.45) is 1.58. The van der Waals surface area contributed by atoms with Crippen molar-refractivity contribution in [3.63, 3.8) is 0 Å². The molecular formula is C14H9N5O. The standard InChI is InChI=1S/C14H9N5O/c15-8-9-7-13(17-11-4-2-1-3-10(9)11)19-6-5-12(18-19)14(16)20/h1-7H,(H2,16,20). The van der Waals surface area contributed by atoms with Crippen LogP contribution in [0.4, 0.5) is 0 Å². The number of fused-ring (bicyclic) bond motifs is 1. The molecule has 0 aliphatic heterocycles. The lowest BCUT2D eigenvalue weighted by Crippen LogP contribution is -2.12. The molecule has 0 saturated carbocycles. The van der Waals surface area contributed by atoms with Gasteiger partial charge in [0.2, 0.25) is 0 Å². The maximum atomic E-state index is 11.1. The fourth-order valence-electron chi connectivity index (χ4n) is 1.95. The molecule has 6 heteroatoms. The second-order valence-corrected chi connectivity index (χ2v) is 4.17. The predicted molar refractivity (Wildman–Crippen MR) is 72.1 cm³/mol. The summed E-state index contributed by atoms with van der Waals surface area (Å²) in [5.74, 6) is -0.141. The number of hydrogen-bond donors (Lipinski definition) is 1. The topological polar surface area (TPSA) is 97.6 Å². The fourth-order valence-corrected chi connectivity index (χ4v) is 1.95. The molecule has 3 aromatic rings. The fraction of sp³-hybridized carbons (Fsp3) is 0.